The lowest BCUT2D eigenvalue weighted by Gasteiger charge is -2.29. The minimum Gasteiger partial charge on any atom is -0.373 e. The third-order valence-corrected chi connectivity index (χ3v) is 4.89. The molecule has 2 N–H and O–H groups in total. The Hall–Kier alpha value is -2.18. The van der Waals surface area contributed by atoms with E-state index in [0.717, 1.165) is 25.7 Å². The van der Waals surface area contributed by atoms with Gasteiger partial charge in [0.1, 0.15) is 11.6 Å². The van der Waals surface area contributed by atoms with Crippen LogP contribution in [-0.4, -0.2) is 18.2 Å². The molecule has 0 atom stereocenters. The average molecular weight is 395 g/mol. The second-order valence-corrected chi connectivity index (χ2v) is 7.03. The number of anilines is 1. The molecule has 3 rings (SSSR count). The van der Waals surface area contributed by atoms with Crippen LogP contribution in [0.25, 0.3) is 0 Å². The molecule has 0 radical (unpaired) electrons. The molecule has 0 aromatic heterocycles. The van der Waals surface area contributed by atoms with Crippen LogP contribution >= 0.6 is 11.6 Å². The number of hydrogen-bond acceptors (Lipinski definition) is 2. The van der Waals surface area contributed by atoms with Gasteiger partial charge in [-0.2, -0.15) is 0 Å². The zero-order chi connectivity index (χ0) is 19.2. The van der Waals surface area contributed by atoms with Crippen LogP contribution in [0.1, 0.15) is 31.2 Å². The lowest BCUT2D eigenvalue weighted by atomic mass is 9.93. The molecule has 1 saturated carbocycles. The van der Waals surface area contributed by atoms with Crippen LogP contribution in [0.5, 0.6) is 0 Å². The number of urea groups is 1. The van der Waals surface area contributed by atoms with Gasteiger partial charge in [0.2, 0.25) is 0 Å². The Morgan fingerprint density at radius 3 is 2.30 bits per heavy atom. The van der Waals surface area contributed by atoms with Gasteiger partial charge < -0.3 is 15.4 Å². The van der Waals surface area contributed by atoms with Crippen LogP contribution in [0.15, 0.2) is 42.5 Å². The average Bonchev–Trinajstić information content (AvgIpc) is 2.64. The highest BCUT2D eigenvalue weighted by molar-refractivity contribution is 6.30. The summed E-state index contributed by atoms with van der Waals surface area (Å²) in [5.74, 6) is -1.19. The van der Waals surface area contributed by atoms with E-state index in [-0.39, 0.29) is 30.3 Å². The highest BCUT2D eigenvalue weighted by Gasteiger charge is 2.23. The van der Waals surface area contributed by atoms with Crippen molar-refractivity contribution in [1.29, 1.82) is 0 Å². The summed E-state index contributed by atoms with van der Waals surface area (Å²) >= 11 is 5.82. The van der Waals surface area contributed by atoms with Crippen molar-refractivity contribution in [2.75, 3.05) is 5.32 Å². The molecule has 0 saturated heterocycles. The Bertz CT molecular complexity index is 758. The Labute approximate surface area is 161 Å². The van der Waals surface area contributed by atoms with Gasteiger partial charge in [-0.15, -0.1) is 0 Å². The molecule has 0 unspecified atom stereocenters. The number of carbonyl (C=O) groups is 1. The predicted molar refractivity (Wildman–Crippen MR) is 101 cm³/mol. The molecular formula is C20H21ClF2N2O2. The van der Waals surface area contributed by atoms with Crippen molar-refractivity contribution in [1.82, 2.24) is 5.32 Å². The fraction of sp³-hybridized carbons (Fsp3) is 0.350. The molecule has 2 amide bonds. The van der Waals surface area contributed by atoms with Crippen LogP contribution in [0.4, 0.5) is 19.3 Å². The Balaban J connectivity index is 1.41. The highest BCUT2D eigenvalue weighted by Crippen LogP contribution is 2.24. The maximum atomic E-state index is 13.6. The molecule has 2 aromatic carbocycles. The van der Waals surface area contributed by atoms with Gasteiger partial charge in [0.25, 0.3) is 0 Å². The lowest BCUT2D eigenvalue weighted by molar-refractivity contribution is 0.00964. The summed E-state index contributed by atoms with van der Waals surface area (Å²) in [6.07, 6.45) is 2.88. The third kappa shape index (κ3) is 5.65. The number of benzene rings is 2. The Morgan fingerprint density at radius 2 is 1.67 bits per heavy atom. The standard InChI is InChI=1S/C20H21ClF2N2O2/c21-13-4-6-14(7-5-13)24-20(26)25-15-8-10-16(11-9-15)27-12-17-18(22)2-1-3-19(17)23/h1-7,15-16H,8-12H2,(H2,24,25,26)/t15-,16-. The van der Waals surface area contributed by atoms with E-state index >= 15 is 0 Å². The quantitative estimate of drug-likeness (QED) is 0.726. The Kier molecular flexibility index (Phi) is 6.63. The summed E-state index contributed by atoms with van der Waals surface area (Å²) in [5.41, 5.74) is 0.626. The largest absolute Gasteiger partial charge is 0.373 e. The molecule has 1 fully saturated rings. The van der Waals surface area contributed by atoms with Crippen molar-refractivity contribution < 1.29 is 18.3 Å². The van der Waals surface area contributed by atoms with Gasteiger partial charge >= 0.3 is 6.03 Å². The first-order valence-electron chi connectivity index (χ1n) is 8.89. The lowest BCUT2D eigenvalue weighted by Crippen LogP contribution is -2.41. The number of halogens is 3. The normalized spacial score (nSPS) is 19.5. The molecule has 4 nitrogen and oxygen atoms in total. The zero-order valence-electron chi connectivity index (χ0n) is 14.7. The maximum absolute atomic E-state index is 13.6. The van der Waals surface area contributed by atoms with Crippen LogP contribution in [-0.2, 0) is 11.3 Å². The topological polar surface area (TPSA) is 50.4 Å². The summed E-state index contributed by atoms with van der Waals surface area (Å²) in [7, 11) is 0. The minimum atomic E-state index is -0.593. The van der Waals surface area contributed by atoms with E-state index in [1.807, 2.05) is 0 Å². The van der Waals surface area contributed by atoms with Crippen molar-refractivity contribution >= 4 is 23.3 Å². The van der Waals surface area contributed by atoms with Gasteiger partial charge in [0.05, 0.1) is 12.7 Å². The molecule has 1 aliphatic carbocycles. The Morgan fingerprint density at radius 1 is 1.04 bits per heavy atom. The van der Waals surface area contributed by atoms with E-state index in [9.17, 15) is 13.6 Å². The van der Waals surface area contributed by atoms with E-state index in [2.05, 4.69) is 10.6 Å². The van der Waals surface area contributed by atoms with Crippen molar-refractivity contribution in [3.63, 3.8) is 0 Å². The monoisotopic (exact) mass is 394 g/mol. The van der Waals surface area contributed by atoms with E-state index in [1.165, 1.54) is 18.2 Å². The number of rotatable bonds is 5. The van der Waals surface area contributed by atoms with Gasteiger partial charge in [-0.25, -0.2) is 13.6 Å². The summed E-state index contributed by atoms with van der Waals surface area (Å²) < 4.78 is 32.9. The van der Waals surface area contributed by atoms with Crippen molar-refractivity contribution in [3.8, 4) is 0 Å². The molecule has 0 aliphatic heterocycles. The molecule has 2 aromatic rings. The van der Waals surface area contributed by atoms with Crippen LogP contribution in [0, 0.1) is 11.6 Å². The number of hydrogen-bond donors (Lipinski definition) is 2. The van der Waals surface area contributed by atoms with Crippen molar-refractivity contribution in [2.45, 2.75) is 44.4 Å². The smallest absolute Gasteiger partial charge is 0.319 e. The SMILES string of the molecule is O=C(Nc1ccc(Cl)cc1)N[C@H]1CC[C@H](OCc2c(F)cccc2F)CC1. The predicted octanol–water partition coefficient (Wildman–Crippen LogP) is 5.27. The second-order valence-electron chi connectivity index (χ2n) is 6.59. The molecule has 27 heavy (non-hydrogen) atoms. The fourth-order valence-electron chi connectivity index (χ4n) is 3.13. The molecule has 144 valence electrons. The summed E-state index contributed by atoms with van der Waals surface area (Å²) in [6, 6.07) is 10.4. The molecule has 7 heteroatoms. The first-order chi connectivity index (χ1) is 13.0. The van der Waals surface area contributed by atoms with E-state index in [1.54, 1.807) is 24.3 Å². The molecular weight excluding hydrogens is 374 g/mol. The molecule has 0 spiro atoms. The van der Waals surface area contributed by atoms with Crippen molar-refractivity contribution in [2.24, 2.45) is 0 Å². The third-order valence-electron chi connectivity index (χ3n) is 4.64. The van der Waals surface area contributed by atoms with Crippen LogP contribution < -0.4 is 10.6 Å². The van der Waals surface area contributed by atoms with Gasteiger partial charge in [-0.3, -0.25) is 0 Å². The summed E-state index contributed by atoms with van der Waals surface area (Å²) in [4.78, 5) is 12.1. The molecule has 0 heterocycles. The number of nitrogens with one attached hydrogen (secondary N) is 2. The van der Waals surface area contributed by atoms with E-state index in [0.29, 0.717) is 10.7 Å². The number of ether oxygens (including phenoxy) is 1. The van der Waals surface area contributed by atoms with Gasteiger partial charge in [0.15, 0.2) is 0 Å². The van der Waals surface area contributed by atoms with E-state index < -0.39 is 11.6 Å². The molecule has 1 aliphatic rings. The highest BCUT2D eigenvalue weighted by atomic mass is 35.5. The van der Waals surface area contributed by atoms with Gasteiger partial charge in [0, 0.05) is 22.3 Å². The zero-order valence-corrected chi connectivity index (χ0v) is 15.4. The van der Waals surface area contributed by atoms with Gasteiger partial charge in [-0.05, 0) is 62.1 Å². The van der Waals surface area contributed by atoms with Crippen LogP contribution in [0.2, 0.25) is 5.02 Å². The van der Waals surface area contributed by atoms with Crippen LogP contribution in [0.3, 0.4) is 0 Å². The van der Waals surface area contributed by atoms with Gasteiger partial charge in [-0.1, -0.05) is 17.7 Å². The first-order valence-corrected chi connectivity index (χ1v) is 9.26. The number of carbonyl (C=O) groups excluding carboxylic acids is 1. The van der Waals surface area contributed by atoms with E-state index in [4.69, 9.17) is 16.3 Å². The molecule has 0 bridgehead atoms. The summed E-state index contributed by atoms with van der Waals surface area (Å²) in [6.45, 7) is -0.0850. The minimum absolute atomic E-state index is 0.0416. The second kappa shape index (κ2) is 9.15. The van der Waals surface area contributed by atoms with Crippen molar-refractivity contribution in [3.05, 3.63) is 64.7 Å². The fourth-order valence-corrected chi connectivity index (χ4v) is 3.26. The summed E-state index contributed by atoms with van der Waals surface area (Å²) in [5, 5.41) is 6.31. The first kappa shape index (κ1) is 19.6. The number of amides is 2. The maximum Gasteiger partial charge on any atom is 0.319 e.